The van der Waals surface area contributed by atoms with E-state index in [4.69, 9.17) is 13.3 Å². The van der Waals surface area contributed by atoms with Crippen molar-refractivity contribution in [2.24, 2.45) is 0 Å². The van der Waals surface area contributed by atoms with Gasteiger partial charge in [-0.3, -0.25) is 0 Å². The Morgan fingerprint density at radius 2 is 1.14 bits per heavy atom. The molecule has 0 aliphatic carbocycles. The fourth-order valence-electron chi connectivity index (χ4n) is 1.84. The predicted octanol–water partition coefficient (Wildman–Crippen LogP) is 3.68. The van der Waals surface area contributed by atoms with Gasteiger partial charge in [0.2, 0.25) is 0 Å². The first-order valence-electron chi connectivity index (χ1n) is 5.91. The van der Waals surface area contributed by atoms with Gasteiger partial charge in [0.25, 0.3) is 0 Å². The molecule has 0 aromatic heterocycles. The molecule has 0 bridgehead atoms. The van der Waals surface area contributed by atoms with Crippen LogP contribution in [-0.2, 0) is 31.7 Å². The van der Waals surface area contributed by atoms with Gasteiger partial charge in [-0.15, -0.1) is 0 Å². The summed E-state index contributed by atoms with van der Waals surface area (Å²) >= 11 is 0. The highest BCUT2D eigenvalue weighted by atomic mass is 28.4. The summed E-state index contributed by atoms with van der Waals surface area (Å²) in [5.74, 6) is 0. The van der Waals surface area contributed by atoms with Gasteiger partial charge >= 0.3 is 21.2 Å². The fraction of sp³-hybridized carbons (Fsp3) is 0.500. The van der Waals surface area contributed by atoms with Crippen molar-refractivity contribution in [3.8, 4) is 0 Å². The fourth-order valence-corrected chi connectivity index (χ4v) is 3.48. The molecule has 10 heteroatoms. The van der Waals surface area contributed by atoms with Gasteiger partial charge in [0, 0.05) is 27.4 Å². The molecule has 22 heavy (non-hydrogen) atoms. The lowest BCUT2D eigenvalue weighted by molar-refractivity contribution is -0.143. The van der Waals surface area contributed by atoms with Crippen LogP contribution in [0.1, 0.15) is 16.7 Å². The van der Waals surface area contributed by atoms with Gasteiger partial charge in [-0.05, 0) is 23.8 Å². The molecule has 0 fully saturated rings. The zero-order chi connectivity index (χ0) is 17.2. The summed E-state index contributed by atoms with van der Waals surface area (Å²) in [6.45, 7) is 0. The molecule has 0 amide bonds. The summed E-state index contributed by atoms with van der Waals surface area (Å²) in [4.78, 5) is 0. The zero-order valence-corrected chi connectivity index (χ0v) is 12.9. The third-order valence-corrected chi connectivity index (χ3v) is 5.71. The summed E-state index contributed by atoms with van der Waals surface area (Å²) in [6, 6.07) is 1.02. The molecule has 126 valence electrons. The second-order valence-corrected chi connectivity index (χ2v) is 7.33. The Kier molecular flexibility index (Phi) is 5.65. The van der Waals surface area contributed by atoms with Crippen LogP contribution in [0.25, 0.3) is 0 Å². The first-order valence-corrected chi connectivity index (χ1v) is 7.84. The minimum atomic E-state index is -4.90. The van der Waals surface area contributed by atoms with Crippen molar-refractivity contribution < 1.29 is 39.6 Å². The van der Waals surface area contributed by atoms with Crippen LogP contribution >= 0.6 is 0 Å². The molecular formula is C12H14F6O3Si. The summed E-state index contributed by atoms with van der Waals surface area (Å²) in [5.41, 5.74) is -2.99. The van der Waals surface area contributed by atoms with E-state index in [1.165, 1.54) is 21.3 Å². The molecule has 0 aliphatic heterocycles. The van der Waals surface area contributed by atoms with Crippen molar-refractivity contribution in [1.82, 2.24) is 0 Å². The van der Waals surface area contributed by atoms with Crippen molar-refractivity contribution in [2.45, 2.75) is 18.4 Å². The first kappa shape index (κ1) is 18.9. The van der Waals surface area contributed by atoms with Crippen molar-refractivity contribution in [3.05, 3.63) is 34.9 Å². The highest BCUT2D eigenvalue weighted by Crippen LogP contribution is 2.36. The molecule has 1 rings (SSSR count). The maximum Gasteiger partial charge on any atom is 0.504 e. The van der Waals surface area contributed by atoms with E-state index in [0.29, 0.717) is 12.1 Å². The van der Waals surface area contributed by atoms with E-state index in [9.17, 15) is 26.3 Å². The van der Waals surface area contributed by atoms with Gasteiger partial charge < -0.3 is 13.3 Å². The molecule has 0 radical (unpaired) electrons. The maximum absolute atomic E-state index is 12.8. The van der Waals surface area contributed by atoms with E-state index in [0.717, 1.165) is 0 Å². The van der Waals surface area contributed by atoms with Gasteiger partial charge in [-0.25, -0.2) is 0 Å². The highest BCUT2D eigenvalue weighted by Gasteiger charge is 2.41. The van der Waals surface area contributed by atoms with Gasteiger partial charge in [-0.1, -0.05) is 0 Å². The Balaban J connectivity index is 3.36. The topological polar surface area (TPSA) is 27.7 Å². The van der Waals surface area contributed by atoms with Crippen LogP contribution in [0.4, 0.5) is 26.3 Å². The van der Waals surface area contributed by atoms with Crippen molar-refractivity contribution >= 4 is 8.80 Å². The standard InChI is InChI=1S/C12H14F6O3Si/c1-19-22(20-2,21-3)7-8-4-9(11(13,14)15)6-10(5-8)12(16,17)18/h4-6H,7H2,1-3H3. The second kappa shape index (κ2) is 6.57. The summed E-state index contributed by atoms with van der Waals surface area (Å²) in [5, 5.41) is 0. The van der Waals surface area contributed by atoms with E-state index in [-0.39, 0.29) is 17.7 Å². The minimum Gasteiger partial charge on any atom is -0.377 e. The van der Waals surface area contributed by atoms with Crippen molar-refractivity contribution in [3.63, 3.8) is 0 Å². The molecule has 0 N–H and O–H groups in total. The van der Waals surface area contributed by atoms with Crippen LogP contribution in [0.5, 0.6) is 0 Å². The van der Waals surface area contributed by atoms with Crippen molar-refractivity contribution in [2.75, 3.05) is 21.3 Å². The molecule has 0 unspecified atom stereocenters. The van der Waals surface area contributed by atoms with Gasteiger partial charge in [-0.2, -0.15) is 26.3 Å². The van der Waals surface area contributed by atoms with Crippen molar-refractivity contribution in [1.29, 1.82) is 0 Å². The Labute approximate surface area is 124 Å². The van der Waals surface area contributed by atoms with E-state index >= 15 is 0 Å². The van der Waals surface area contributed by atoms with Crippen LogP contribution in [0, 0.1) is 0 Å². The molecule has 0 saturated heterocycles. The number of alkyl halides is 6. The van der Waals surface area contributed by atoms with E-state index in [1.807, 2.05) is 0 Å². The van der Waals surface area contributed by atoms with Crippen LogP contribution in [0.2, 0.25) is 0 Å². The number of hydrogen-bond acceptors (Lipinski definition) is 3. The number of rotatable bonds is 5. The highest BCUT2D eigenvalue weighted by molar-refractivity contribution is 6.60. The van der Waals surface area contributed by atoms with E-state index < -0.39 is 32.3 Å². The lowest BCUT2D eigenvalue weighted by atomic mass is 10.1. The van der Waals surface area contributed by atoms with Crippen LogP contribution in [0.15, 0.2) is 18.2 Å². The van der Waals surface area contributed by atoms with Crippen LogP contribution in [0.3, 0.4) is 0 Å². The lowest BCUT2D eigenvalue weighted by Crippen LogP contribution is -2.45. The average Bonchev–Trinajstić information content (AvgIpc) is 2.43. The second-order valence-electron chi connectivity index (χ2n) is 4.39. The molecule has 3 nitrogen and oxygen atoms in total. The van der Waals surface area contributed by atoms with E-state index in [2.05, 4.69) is 0 Å². The Bertz CT molecular complexity index is 470. The van der Waals surface area contributed by atoms with Crippen LogP contribution < -0.4 is 0 Å². The molecule has 0 saturated carbocycles. The largest absolute Gasteiger partial charge is 0.504 e. The smallest absolute Gasteiger partial charge is 0.377 e. The average molecular weight is 348 g/mol. The molecular weight excluding hydrogens is 334 g/mol. The number of hydrogen-bond donors (Lipinski definition) is 0. The SMILES string of the molecule is CO[Si](Cc1cc(C(F)(F)F)cc(C(F)(F)F)c1)(OC)OC. The summed E-state index contributed by atoms with van der Waals surface area (Å²) in [6.07, 6.45) is -9.79. The molecule has 1 aromatic rings. The zero-order valence-electron chi connectivity index (χ0n) is 11.9. The minimum absolute atomic E-state index is 0.0686. The Hall–Kier alpha value is -1.10. The lowest BCUT2D eigenvalue weighted by Gasteiger charge is -2.25. The third-order valence-electron chi connectivity index (χ3n) is 3.00. The number of benzene rings is 1. The quantitative estimate of drug-likeness (QED) is 0.600. The van der Waals surface area contributed by atoms with E-state index in [1.54, 1.807) is 0 Å². The molecule has 1 aromatic carbocycles. The summed E-state index contributed by atoms with van der Waals surface area (Å²) in [7, 11) is 0.302. The molecule has 0 spiro atoms. The first-order chi connectivity index (χ1) is 9.97. The van der Waals surface area contributed by atoms with Gasteiger partial charge in [0.15, 0.2) is 0 Å². The number of halogens is 6. The van der Waals surface area contributed by atoms with Gasteiger partial charge in [0.1, 0.15) is 0 Å². The monoisotopic (exact) mass is 348 g/mol. The molecule has 0 heterocycles. The Morgan fingerprint density at radius 1 is 0.773 bits per heavy atom. The van der Waals surface area contributed by atoms with Crippen LogP contribution in [-0.4, -0.2) is 30.1 Å². The summed E-state index contributed by atoms with van der Waals surface area (Å²) < 4.78 is 91.7. The normalized spacial score (nSPS) is 13.5. The maximum atomic E-state index is 12.8. The van der Waals surface area contributed by atoms with Gasteiger partial charge in [0.05, 0.1) is 11.1 Å². The Morgan fingerprint density at radius 3 is 1.41 bits per heavy atom. The predicted molar refractivity (Wildman–Crippen MR) is 66.9 cm³/mol. The molecule has 0 aliphatic rings. The molecule has 0 atom stereocenters. The third kappa shape index (κ3) is 4.45.